The first kappa shape index (κ1) is 30.4. The molecule has 0 atom stereocenters. The molecule has 2 N–H and O–H groups in total. The average Bonchev–Trinajstić information content (AvgIpc) is 2.90. The van der Waals surface area contributed by atoms with E-state index in [4.69, 9.17) is 0 Å². The normalized spacial score (nSPS) is 10.2. The summed E-state index contributed by atoms with van der Waals surface area (Å²) in [6.07, 6.45) is 2.84. The van der Waals surface area contributed by atoms with Crippen LogP contribution >= 0.6 is 0 Å². The summed E-state index contributed by atoms with van der Waals surface area (Å²) in [4.78, 5) is 18.7. The van der Waals surface area contributed by atoms with Gasteiger partial charge in [0, 0.05) is 38.3 Å². The second-order valence-corrected chi connectivity index (χ2v) is 9.04. The third-order valence-corrected chi connectivity index (χ3v) is 5.69. The van der Waals surface area contributed by atoms with Crippen LogP contribution in [-0.4, -0.2) is 37.6 Å². The smallest absolute Gasteiger partial charge is 0.251 e. The van der Waals surface area contributed by atoms with Crippen molar-refractivity contribution in [3.63, 3.8) is 0 Å². The third kappa shape index (κ3) is 10.7. The maximum absolute atomic E-state index is 12.5. The Labute approximate surface area is 224 Å². The van der Waals surface area contributed by atoms with Crippen LogP contribution in [0.3, 0.4) is 0 Å². The molecule has 1 heterocycles. The van der Waals surface area contributed by atoms with Crippen LogP contribution in [0.4, 0.5) is 14.6 Å². The highest BCUT2D eigenvalue weighted by Crippen LogP contribution is 2.14. The van der Waals surface area contributed by atoms with Crippen molar-refractivity contribution in [3.8, 4) is 6.07 Å². The lowest BCUT2D eigenvalue weighted by molar-refractivity contribution is 0.0953. The molecule has 0 spiro atoms. The minimum Gasteiger partial charge on any atom is -0.360 e. The number of pyridine rings is 1. The van der Waals surface area contributed by atoms with Gasteiger partial charge in [-0.3, -0.25) is 4.79 Å². The number of anilines is 1. The fraction of sp³-hybridized carbons (Fsp3) is 0.367. The Bertz CT molecular complexity index is 1180. The minimum absolute atomic E-state index is 0.175. The molecule has 3 aromatic rings. The molecular weight excluding hydrogens is 484 g/mol. The molecule has 0 bridgehead atoms. The van der Waals surface area contributed by atoms with Crippen LogP contribution in [0.2, 0.25) is 0 Å². The van der Waals surface area contributed by atoms with Gasteiger partial charge in [-0.15, -0.1) is 0 Å². The van der Waals surface area contributed by atoms with Crippen molar-refractivity contribution in [3.05, 3.63) is 94.2 Å². The van der Waals surface area contributed by atoms with Crippen LogP contribution in [0, 0.1) is 29.9 Å². The van der Waals surface area contributed by atoms with E-state index < -0.39 is 11.6 Å². The summed E-state index contributed by atoms with van der Waals surface area (Å²) in [6, 6.07) is 17.3. The lowest BCUT2D eigenvalue weighted by atomic mass is 10.1. The van der Waals surface area contributed by atoms with E-state index in [1.54, 1.807) is 13.0 Å². The predicted molar refractivity (Wildman–Crippen MR) is 148 cm³/mol. The second kappa shape index (κ2) is 16.1. The monoisotopic (exact) mass is 521 g/mol. The Morgan fingerprint density at radius 1 is 1.03 bits per heavy atom. The number of nitrogens with zero attached hydrogens (tertiary/aromatic N) is 3. The number of aromatic nitrogens is 1. The van der Waals surface area contributed by atoms with Gasteiger partial charge >= 0.3 is 0 Å². The number of nitrogens with one attached hydrogen (secondary N) is 2. The first-order chi connectivity index (χ1) is 18.2. The number of aryl methyl sites for hydroxylation is 2. The van der Waals surface area contributed by atoms with Crippen molar-refractivity contribution in [1.29, 1.82) is 5.26 Å². The lowest BCUT2D eigenvalue weighted by Crippen LogP contribution is -2.28. The fourth-order valence-corrected chi connectivity index (χ4v) is 3.75. The van der Waals surface area contributed by atoms with Gasteiger partial charge in [0.05, 0.1) is 0 Å². The highest BCUT2D eigenvalue weighted by molar-refractivity contribution is 5.95. The van der Waals surface area contributed by atoms with Crippen molar-refractivity contribution in [2.24, 2.45) is 0 Å². The Balaban J connectivity index is 0.000000474. The summed E-state index contributed by atoms with van der Waals surface area (Å²) in [5.74, 6) is -0.572. The van der Waals surface area contributed by atoms with Crippen molar-refractivity contribution < 1.29 is 13.6 Å². The van der Waals surface area contributed by atoms with Gasteiger partial charge in [-0.25, -0.2) is 13.8 Å². The molecule has 6 nitrogen and oxygen atoms in total. The van der Waals surface area contributed by atoms with Crippen molar-refractivity contribution in [2.45, 2.75) is 46.6 Å². The highest BCUT2D eigenvalue weighted by Gasteiger charge is 2.12. The van der Waals surface area contributed by atoms with E-state index in [1.165, 1.54) is 29.3 Å². The van der Waals surface area contributed by atoms with Crippen LogP contribution in [0.25, 0.3) is 0 Å². The zero-order chi connectivity index (χ0) is 27.9. The molecule has 202 valence electrons. The van der Waals surface area contributed by atoms with Gasteiger partial charge in [-0.2, -0.15) is 5.26 Å². The predicted octanol–water partition coefficient (Wildman–Crippen LogP) is 5.54. The van der Waals surface area contributed by atoms with E-state index in [1.807, 2.05) is 18.0 Å². The molecule has 0 aliphatic carbocycles. The number of hydrogen-bond donors (Lipinski definition) is 2. The Hall–Kier alpha value is -3.83. The Morgan fingerprint density at radius 3 is 2.37 bits per heavy atom. The van der Waals surface area contributed by atoms with Crippen LogP contribution in [-0.2, 0) is 13.0 Å². The Kier molecular flexibility index (Phi) is 12.9. The van der Waals surface area contributed by atoms with Gasteiger partial charge in [-0.1, -0.05) is 38.1 Å². The van der Waals surface area contributed by atoms with Crippen LogP contribution < -0.4 is 15.5 Å². The van der Waals surface area contributed by atoms with E-state index in [0.717, 1.165) is 45.0 Å². The number of rotatable bonds is 11. The van der Waals surface area contributed by atoms with E-state index in [2.05, 4.69) is 53.7 Å². The van der Waals surface area contributed by atoms with Crippen molar-refractivity contribution in [2.75, 3.05) is 31.6 Å². The second-order valence-electron chi connectivity index (χ2n) is 9.04. The molecule has 0 unspecified atom stereocenters. The molecule has 1 aromatic heterocycles. The van der Waals surface area contributed by atoms with E-state index in [9.17, 15) is 18.8 Å². The summed E-state index contributed by atoms with van der Waals surface area (Å²) in [7, 11) is 1.91. The standard InChI is InChI=1S/C23H31N5O.C7H6F2/c1-4-12-28(3)22-15-20(14-21(16-24)27-22)23(29)26-11-7-10-25-17-19-9-6-8-18(5-2)13-19;1-5-2-6(8)4-7(9)3-5/h6,8-9,13-15,25H,4-5,7,10-12,17H2,1-3H3,(H,26,29);2-4H,1H3. The third-order valence-electron chi connectivity index (χ3n) is 5.69. The van der Waals surface area contributed by atoms with Gasteiger partial charge in [0.2, 0.25) is 0 Å². The maximum atomic E-state index is 12.5. The summed E-state index contributed by atoms with van der Waals surface area (Å²) < 4.78 is 24.4. The van der Waals surface area contributed by atoms with E-state index >= 15 is 0 Å². The molecule has 0 fully saturated rings. The van der Waals surface area contributed by atoms with E-state index in [0.29, 0.717) is 23.5 Å². The number of benzene rings is 2. The van der Waals surface area contributed by atoms with E-state index in [-0.39, 0.29) is 11.6 Å². The molecule has 0 radical (unpaired) electrons. The summed E-state index contributed by atoms with van der Waals surface area (Å²) in [5, 5.41) is 15.6. The zero-order valence-corrected chi connectivity index (χ0v) is 22.7. The fourth-order valence-electron chi connectivity index (χ4n) is 3.75. The highest BCUT2D eigenvalue weighted by atomic mass is 19.1. The van der Waals surface area contributed by atoms with Crippen LogP contribution in [0.1, 0.15) is 59.4 Å². The maximum Gasteiger partial charge on any atom is 0.251 e. The first-order valence-electron chi connectivity index (χ1n) is 12.9. The van der Waals surface area contributed by atoms with Gasteiger partial charge in [0.25, 0.3) is 5.91 Å². The molecule has 2 aromatic carbocycles. The van der Waals surface area contributed by atoms with Gasteiger partial charge < -0.3 is 15.5 Å². The van der Waals surface area contributed by atoms with Crippen LogP contribution in [0.15, 0.2) is 54.6 Å². The SMILES string of the molecule is CCCN(C)c1cc(C(=O)NCCCNCc2cccc(CC)c2)cc(C#N)n1.Cc1cc(F)cc(F)c1. The number of halogens is 2. The Morgan fingerprint density at radius 2 is 1.74 bits per heavy atom. The summed E-state index contributed by atoms with van der Waals surface area (Å²) in [6.45, 7) is 8.91. The number of amides is 1. The minimum atomic E-state index is -0.521. The molecule has 0 aliphatic heterocycles. The summed E-state index contributed by atoms with van der Waals surface area (Å²) >= 11 is 0. The topological polar surface area (TPSA) is 81.0 Å². The largest absolute Gasteiger partial charge is 0.360 e. The molecule has 0 saturated heterocycles. The average molecular weight is 522 g/mol. The van der Waals surface area contributed by atoms with Gasteiger partial charge in [0.15, 0.2) is 0 Å². The molecule has 0 aliphatic rings. The number of carbonyl (C=O) groups is 1. The molecule has 8 heteroatoms. The molecular formula is C30H37F2N5O. The van der Waals surface area contributed by atoms with Gasteiger partial charge in [0.1, 0.15) is 29.2 Å². The number of carbonyl (C=O) groups excluding carboxylic acids is 1. The molecule has 38 heavy (non-hydrogen) atoms. The number of nitriles is 1. The number of hydrogen-bond acceptors (Lipinski definition) is 5. The zero-order valence-electron chi connectivity index (χ0n) is 22.7. The molecule has 0 saturated carbocycles. The van der Waals surface area contributed by atoms with Gasteiger partial charge in [-0.05, 0) is 73.7 Å². The first-order valence-corrected chi connectivity index (χ1v) is 12.9. The molecule has 1 amide bonds. The van der Waals surface area contributed by atoms with Crippen molar-refractivity contribution in [1.82, 2.24) is 15.6 Å². The summed E-state index contributed by atoms with van der Waals surface area (Å²) in [5.41, 5.74) is 3.95. The van der Waals surface area contributed by atoms with Crippen molar-refractivity contribution >= 4 is 11.7 Å². The quantitative estimate of drug-likeness (QED) is 0.324. The lowest BCUT2D eigenvalue weighted by Gasteiger charge is -2.18. The molecule has 3 rings (SSSR count). The van der Waals surface area contributed by atoms with Crippen LogP contribution in [0.5, 0.6) is 0 Å².